The van der Waals surface area contributed by atoms with E-state index >= 15 is 0 Å². The lowest BCUT2D eigenvalue weighted by Crippen LogP contribution is -2.42. The first kappa shape index (κ1) is 19.8. The molecule has 0 aliphatic carbocycles. The molecule has 2 aromatic carbocycles. The van der Waals surface area contributed by atoms with E-state index < -0.39 is 21.9 Å². The number of hydrogen-bond donors (Lipinski definition) is 0. The average Bonchev–Trinajstić information content (AvgIpc) is 2.68. The molecule has 1 aliphatic heterocycles. The van der Waals surface area contributed by atoms with Gasteiger partial charge in [-0.2, -0.15) is 4.31 Å². The van der Waals surface area contributed by atoms with Gasteiger partial charge in [-0.15, -0.1) is 0 Å². The number of carbonyl (C=O) groups excluding carboxylic acids is 1. The highest BCUT2D eigenvalue weighted by atomic mass is 35.5. The van der Waals surface area contributed by atoms with Crippen molar-refractivity contribution < 1.29 is 22.3 Å². The van der Waals surface area contributed by atoms with Gasteiger partial charge in [0.1, 0.15) is 12.4 Å². The standard InChI is InChI=1S/C19H19ClFNO4S/c20-16-5-9-18(10-6-16)27(24,25)22-11-1-2-15(12-22)19(23)26-13-14-3-7-17(21)8-4-14/h3-10,15H,1-2,11-13H2. The molecule has 1 unspecified atom stereocenters. The average molecular weight is 412 g/mol. The van der Waals surface area contributed by atoms with Gasteiger partial charge in [-0.05, 0) is 54.8 Å². The highest BCUT2D eigenvalue weighted by molar-refractivity contribution is 7.89. The largest absolute Gasteiger partial charge is 0.461 e. The van der Waals surface area contributed by atoms with Crippen molar-refractivity contribution in [3.05, 3.63) is 64.9 Å². The molecule has 2 aromatic rings. The van der Waals surface area contributed by atoms with E-state index in [4.69, 9.17) is 16.3 Å². The quantitative estimate of drug-likeness (QED) is 0.705. The molecular formula is C19H19ClFNO4S. The molecular weight excluding hydrogens is 393 g/mol. The molecule has 0 saturated carbocycles. The van der Waals surface area contributed by atoms with E-state index in [1.165, 1.54) is 40.7 Å². The van der Waals surface area contributed by atoms with E-state index in [2.05, 4.69) is 0 Å². The van der Waals surface area contributed by atoms with Crippen molar-refractivity contribution in [3.8, 4) is 0 Å². The van der Waals surface area contributed by atoms with E-state index in [-0.39, 0.29) is 23.9 Å². The fourth-order valence-electron chi connectivity index (χ4n) is 2.96. The van der Waals surface area contributed by atoms with Gasteiger partial charge in [-0.3, -0.25) is 4.79 Å². The van der Waals surface area contributed by atoms with Gasteiger partial charge in [0, 0.05) is 18.1 Å². The van der Waals surface area contributed by atoms with Gasteiger partial charge in [-0.25, -0.2) is 12.8 Å². The van der Waals surface area contributed by atoms with Crippen LogP contribution in [-0.4, -0.2) is 31.8 Å². The Morgan fingerprint density at radius 2 is 1.81 bits per heavy atom. The van der Waals surface area contributed by atoms with Crippen LogP contribution in [0.25, 0.3) is 0 Å². The van der Waals surface area contributed by atoms with Crippen LogP contribution in [0.2, 0.25) is 5.02 Å². The number of hydrogen-bond acceptors (Lipinski definition) is 4. The SMILES string of the molecule is O=C(OCc1ccc(F)cc1)C1CCCN(S(=O)(=O)c2ccc(Cl)cc2)C1. The molecule has 144 valence electrons. The van der Waals surface area contributed by atoms with E-state index in [1.54, 1.807) is 12.1 Å². The summed E-state index contributed by atoms with van der Waals surface area (Å²) >= 11 is 5.82. The van der Waals surface area contributed by atoms with Crippen LogP contribution in [0.15, 0.2) is 53.4 Å². The zero-order valence-corrected chi connectivity index (χ0v) is 16.0. The molecule has 1 aliphatic rings. The summed E-state index contributed by atoms with van der Waals surface area (Å²) in [5.41, 5.74) is 0.672. The maximum absolute atomic E-state index is 12.9. The summed E-state index contributed by atoms with van der Waals surface area (Å²) in [4.78, 5) is 12.5. The normalized spacial score (nSPS) is 18.2. The smallest absolute Gasteiger partial charge is 0.310 e. The summed E-state index contributed by atoms with van der Waals surface area (Å²) in [7, 11) is -3.69. The molecule has 0 N–H and O–H groups in total. The summed E-state index contributed by atoms with van der Waals surface area (Å²) in [6, 6.07) is 11.6. The van der Waals surface area contributed by atoms with Crippen molar-refractivity contribution in [3.63, 3.8) is 0 Å². The Morgan fingerprint density at radius 1 is 1.15 bits per heavy atom. The van der Waals surface area contributed by atoms with Gasteiger partial charge < -0.3 is 4.74 Å². The molecule has 0 spiro atoms. The molecule has 1 fully saturated rings. The van der Waals surface area contributed by atoms with Crippen LogP contribution in [0, 0.1) is 11.7 Å². The molecule has 27 heavy (non-hydrogen) atoms. The number of esters is 1. The summed E-state index contributed by atoms with van der Waals surface area (Å²) in [5, 5.41) is 0.454. The van der Waals surface area contributed by atoms with Crippen molar-refractivity contribution in [2.75, 3.05) is 13.1 Å². The summed E-state index contributed by atoms with van der Waals surface area (Å²) < 4.78 is 45.1. The highest BCUT2D eigenvalue weighted by Gasteiger charge is 2.34. The maximum Gasteiger partial charge on any atom is 0.310 e. The molecule has 3 rings (SSSR count). The molecule has 1 heterocycles. The van der Waals surface area contributed by atoms with Crippen molar-refractivity contribution in [1.29, 1.82) is 0 Å². The monoisotopic (exact) mass is 411 g/mol. The molecule has 0 bridgehead atoms. The third-order valence-corrected chi connectivity index (χ3v) is 6.59. The number of rotatable bonds is 5. The van der Waals surface area contributed by atoms with Gasteiger partial charge in [0.05, 0.1) is 10.8 Å². The number of halogens is 2. The second kappa shape index (κ2) is 8.37. The number of carbonyl (C=O) groups is 1. The van der Waals surface area contributed by atoms with Gasteiger partial charge >= 0.3 is 5.97 Å². The Balaban J connectivity index is 1.63. The first-order chi connectivity index (χ1) is 12.9. The van der Waals surface area contributed by atoms with E-state index in [1.807, 2.05) is 0 Å². The van der Waals surface area contributed by atoms with Crippen LogP contribution < -0.4 is 0 Å². The predicted octanol–water partition coefficient (Wildman–Crippen LogP) is 3.62. The lowest BCUT2D eigenvalue weighted by molar-refractivity contribution is -0.151. The number of ether oxygens (including phenoxy) is 1. The Morgan fingerprint density at radius 3 is 2.48 bits per heavy atom. The van der Waals surface area contributed by atoms with Crippen LogP contribution in [0.1, 0.15) is 18.4 Å². The van der Waals surface area contributed by atoms with Gasteiger partial charge in [-0.1, -0.05) is 23.7 Å². The topological polar surface area (TPSA) is 63.7 Å². The fourth-order valence-corrected chi connectivity index (χ4v) is 4.61. The lowest BCUT2D eigenvalue weighted by atomic mass is 10.00. The minimum Gasteiger partial charge on any atom is -0.461 e. The lowest BCUT2D eigenvalue weighted by Gasteiger charge is -2.30. The zero-order valence-electron chi connectivity index (χ0n) is 14.5. The maximum atomic E-state index is 12.9. The number of nitrogens with zero attached hydrogens (tertiary/aromatic N) is 1. The molecule has 1 atom stereocenters. The minimum absolute atomic E-state index is 0.0273. The molecule has 0 aromatic heterocycles. The third kappa shape index (κ3) is 4.86. The Kier molecular flexibility index (Phi) is 6.14. The van der Waals surface area contributed by atoms with E-state index in [9.17, 15) is 17.6 Å². The van der Waals surface area contributed by atoms with Gasteiger partial charge in [0.15, 0.2) is 0 Å². The Hall–Kier alpha value is -1.96. The van der Waals surface area contributed by atoms with Crippen molar-refractivity contribution in [2.24, 2.45) is 5.92 Å². The van der Waals surface area contributed by atoms with E-state index in [0.717, 1.165) is 0 Å². The van der Waals surface area contributed by atoms with Crippen LogP contribution in [0.3, 0.4) is 0 Å². The number of sulfonamides is 1. The van der Waals surface area contributed by atoms with Crippen LogP contribution in [-0.2, 0) is 26.2 Å². The number of piperidine rings is 1. The molecule has 5 nitrogen and oxygen atoms in total. The second-order valence-electron chi connectivity index (χ2n) is 6.39. The summed E-state index contributed by atoms with van der Waals surface area (Å²) in [6.07, 6.45) is 1.14. The van der Waals surface area contributed by atoms with Crippen LogP contribution >= 0.6 is 11.6 Å². The number of benzene rings is 2. The van der Waals surface area contributed by atoms with Gasteiger partial charge in [0.25, 0.3) is 0 Å². The first-order valence-electron chi connectivity index (χ1n) is 8.53. The Bertz CT molecular complexity index is 900. The Labute approximate surface area is 162 Å². The van der Waals surface area contributed by atoms with Crippen molar-refractivity contribution in [2.45, 2.75) is 24.3 Å². The fraction of sp³-hybridized carbons (Fsp3) is 0.316. The third-order valence-electron chi connectivity index (χ3n) is 4.46. The van der Waals surface area contributed by atoms with Gasteiger partial charge in [0.2, 0.25) is 10.0 Å². The molecule has 8 heteroatoms. The molecule has 0 amide bonds. The highest BCUT2D eigenvalue weighted by Crippen LogP contribution is 2.25. The van der Waals surface area contributed by atoms with Crippen molar-refractivity contribution >= 4 is 27.6 Å². The predicted molar refractivity (Wildman–Crippen MR) is 99.1 cm³/mol. The second-order valence-corrected chi connectivity index (χ2v) is 8.76. The van der Waals surface area contributed by atoms with Crippen molar-refractivity contribution in [1.82, 2.24) is 4.31 Å². The summed E-state index contributed by atoms with van der Waals surface area (Å²) in [5.74, 6) is -1.34. The molecule has 1 saturated heterocycles. The zero-order chi connectivity index (χ0) is 19.4. The summed E-state index contributed by atoms with van der Waals surface area (Å²) in [6.45, 7) is 0.458. The van der Waals surface area contributed by atoms with Crippen LogP contribution in [0.5, 0.6) is 0 Å². The minimum atomic E-state index is -3.69. The van der Waals surface area contributed by atoms with Crippen LogP contribution in [0.4, 0.5) is 4.39 Å². The molecule has 0 radical (unpaired) electrons. The first-order valence-corrected chi connectivity index (χ1v) is 10.3. The van der Waals surface area contributed by atoms with E-state index in [0.29, 0.717) is 30.0 Å².